The SMILES string of the molecule is CN(CCO)c1c(N)ccc2nn(C)cc12. The normalized spacial score (nSPS) is 10.9. The van der Waals surface area contributed by atoms with Crippen molar-refractivity contribution in [3.63, 3.8) is 0 Å². The van der Waals surface area contributed by atoms with Crippen LogP contribution in [0, 0.1) is 0 Å². The number of nitrogens with zero attached hydrogens (tertiary/aromatic N) is 3. The van der Waals surface area contributed by atoms with Gasteiger partial charge in [-0.2, -0.15) is 5.10 Å². The van der Waals surface area contributed by atoms with Crippen LogP contribution in [0.2, 0.25) is 0 Å². The summed E-state index contributed by atoms with van der Waals surface area (Å²) in [6.07, 6.45) is 1.94. The van der Waals surface area contributed by atoms with Crippen LogP contribution in [-0.4, -0.2) is 35.1 Å². The highest BCUT2D eigenvalue weighted by Gasteiger charge is 2.11. The van der Waals surface area contributed by atoms with Crippen molar-refractivity contribution in [1.82, 2.24) is 9.78 Å². The number of nitrogens with two attached hydrogens (primary N) is 1. The zero-order valence-electron chi connectivity index (χ0n) is 9.51. The maximum atomic E-state index is 8.96. The number of nitrogen functional groups attached to an aromatic ring is 1. The molecule has 0 radical (unpaired) electrons. The van der Waals surface area contributed by atoms with E-state index in [0.717, 1.165) is 16.6 Å². The Kier molecular flexibility index (Phi) is 2.70. The molecule has 16 heavy (non-hydrogen) atoms. The van der Waals surface area contributed by atoms with Crippen molar-refractivity contribution in [1.29, 1.82) is 0 Å². The van der Waals surface area contributed by atoms with Gasteiger partial charge in [-0.1, -0.05) is 0 Å². The number of anilines is 2. The van der Waals surface area contributed by atoms with Crippen LogP contribution in [0.5, 0.6) is 0 Å². The summed E-state index contributed by atoms with van der Waals surface area (Å²) in [4.78, 5) is 1.94. The number of fused-ring (bicyclic) bond motifs is 1. The highest BCUT2D eigenvalue weighted by molar-refractivity contribution is 5.97. The first-order valence-corrected chi connectivity index (χ1v) is 5.17. The summed E-state index contributed by atoms with van der Waals surface area (Å²) < 4.78 is 1.76. The first-order chi connectivity index (χ1) is 7.63. The maximum Gasteiger partial charge on any atom is 0.0945 e. The van der Waals surface area contributed by atoms with Crippen molar-refractivity contribution in [3.8, 4) is 0 Å². The van der Waals surface area contributed by atoms with Crippen LogP contribution < -0.4 is 10.6 Å². The fourth-order valence-electron chi connectivity index (χ4n) is 1.90. The first kappa shape index (κ1) is 10.8. The summed E-state index contributed by atoms with van der Waals surface area (Å²) in [6.45, 7) is 0.658. The van der Waals surface area contributed by atoms with Gasteiger partial charge in [0.15, 0.2) is 0 Å². The van der Waals surface area contributed by atoms with Crippen LogP contribution in [0.25, 0.3) is 10.9 Å². The first-order valence-electron chi connectivity index (χ1n) is 5.17. The Morgan fingerprint density at radius 2 is 2.25 bits per heavy atom. The van der Waals surface area contributed by atoms with Crippen molar-refractivity contribution in [3.05, 3.63) is 18.3 Å². The van der Waals surface area contributed by atoms with Gasteiger partial charge in [-0.25, -0.2) is 0 Å². The van der Waals surface area contributed by atoms with E-state index in [9.17, 15) is 0 Å². The van der Waals surface area contributed by atoms with Crippen molar-refractivity contribution >= 4 is 22.3 Å². The average molecular weight is 220 g/mol. The number of benzene rings is 1. The van der Waals surface area contributed by atoms with Crippen LogP contribution in [0.3, 0.4) is 0 Å². The molecule has 0 unspecified atom stereocenters. The molecule has 0 aliphatic carbocycles. The predicted octanol–water partition coefficient (Wildman–Crippen LogP) is 0.584. The third-order valence-corrected chi connectivity index (χ3v) is 2.62. The van der Waals surface area contributed by atoms with E-state index in [4.69, 9.17) is 10.8 Å². The van der Waals surface area contributed by atoms with Gasteiger partial charge < -0.3 is 15.7 Å². The van der Waals surface area contributed by atoms with Crippen LogP contribution in [0.1, 0.15) is 0 Å². The zero-order chi connectivity index (χ0) is 11.7. The minimum absolute atomic E-state index is 0.104. The van der Waals surface area contributed by atoms with E-state index in [-0.39, 0.29) is 6.61 Å². The Hall–Kier alpha value is -1.75. The molecule has 5 nitrogen and oxygen atoms in total. The van der Waals surface area contributed by atoms with Gasteiger partial charge in [0.25, 0.3) is 0 Å². The van der Waals surface area contributed by atoms with Crippen LogP contribution >= 0.6 is 0 Å². The second kappa shape index (κ2) is 4.02. The van der Waals surface area contributed by atoms with Gasteiger partial charge in [0.2, 0.25) is 0 Å². The third kappa shape index (κ3) is 1.69. The van der Waals surface area contributed by atoms with Gasteiger partial charge in [0.05, 0.1) is 23.5 Å². The Labute approximate surface area is 94.1 Å². The molecule has 3 N–H and O–H groups in total. The van der Waals surface area contributed by atoms with Gasteiger partial charge in [-0.05, 0) is 12.1 Å². The van der Waals surface area contributed by atoms with Crippen molar-refractivity contribution in [2.24, 2.45) is 7.05 Å². The molecule has 0 aliphatic rings. The van der Waals surface area contributed by atoms with Crippen LogP contribution in [0.4, 0.5) is 11.4 Å². The lowest BCUT2D eigenvalue weighted by atomic mass is 10.1. The molecule has 0 saturated carbocycles. The molecule has 0 spiro atoms. The summed E-state index contributed by atoms with van der Waals surface area (Å²) in [5.41, 5.74) is 8.52. The van der Waals surface area contributed by atoms with E-state index >= 15 is 0 Å². The van der Waals surface area contributed by atoms with E-state index in [1.54, 1.807) is 4.68 Å². The molecule has 1 aromatic carbocycles. The molecule has 0 fully saturated rings. The van der Waals surface area contributed by atoms with Crippen molar-refractivity contribution in [2.45, 2.75) is 0 Å². The number of hydrogen-bond donors (Lipinski definition) is 2. The summed E-state index contributed by atoms with van der Waals surface area (Å²) in [5, 5.41) is 14.3. The molecule has 0 atom stereocenters. The number of aliphatic hydroxyl groups is 1. The highest BCUT2D eigenvalue weighted by atomic mass is 16.3. The summed E-state index contributed by atoms with van der Waals surface area (Å²) in [6, 6.07) is 3.75. The van der Waals surface area contributed by atoms with E-state index < -0.39 is 0 Å². The van der Waals surface area contributed by atoms with Crippen molar-refractivity contribution < 1.29 is 5.11 Å². The van der Waals surface area contributed by atoms with E-state index in [0.29, 0.717) is 12.2 Å². The Balaban J connectivity index is 2.60. The summed E-state index contributed by atoms with van der Waals surface area (Å²) in [7, 11) is 3.79. The summed E-state index contributed by atoms with van der Waals surface area (Å²) >= 11 is 0. The molecule has 86 valence electrons. The lowest BCUT2D eigenvalue weighted by Crippen LogP contribution is -2.22. The minimum atomic E-state index is 0.104. The monoisotopic (exact) mass is 220 g/mol. The van der Waals surface area contributed by atoms with E-state index in [2.05, 4.69) is 5.10 Å². The predicted molar refractivity (Wildman–Crippen MR) is 65.5 cm³/mol. The maximum absolute atomic E-state index is 8.96. The number of rotatable bonds is 3. The fraction of sp³-hybridized carbons (Fsp3) is 0.364. The summed E-state index contributed by atoms with van der Waals surface area (Å²) in [5.74, 6) is 0. The molecule has 0 saturated heterocycles. The molecule has 2 rings (SSSR count). The van der Waals surface area contributed by atoms with Gasteiger partial charge in [-0.15, -0.1) is 0 Å². The molecule has 5 heteroatoms. The second-order valence-corrected chi connectivity index (χ2v) is 3.88. The largest absolute Gasteiger partial charge is 0.397 e. The molecule has 0 amide bonds. The average Bonchev–Trinajstić information content (AvgIpc) is 2.58. The molecule has 1 heterocycles. The smallest absolute Gasteiger partial charge is 0.0945 e. The van der Waals surface area contributed by atoms with E-state index in [1.807, 2.05) is 37.3 Å². The fourth-order valence-corrected chi connectivity index (χ4v) is 1.90. The number of aromatic nitrogens is 2. The van der Waals surface area contributed by atoms with Crippen molar-refractivity contribution in [2.75, 3.05) is 30.8 Å². The number of aliphatic hydroxyl groups excluding tert-OH is 1. The Bertz CT molecular complexity index is 506. The zero-order valence-corrected chi connectivity index (χ0v) is 9.51. The Morgan fingerprint density at radius 1 is 1.50 bits per heavy atom. The molecular weight excluding hydrogens is 204 g/mol. The third-order valence-electron chi connectivity index (χ3n) is 2.62. The van der Waals surface area contributed by atoms with Gasteiger partial charge >= 0.3 is 0 Å². The minimum Gasteiger partial charge on any atom is -0.397 e. The van der Waals surface area contributed by atoms with E-state index in [1.165, 1.54) is 0 Å². The van der Waals surface area contributed by atoms with Gasteiger partial charge in [-0.3, -0.25) is 4.68 Å². The van der Waals surface area contributed by atoms with Gasteiger partial charge in [0, 0.05) is 32.2 Å². The second-order valence-electron chi connectivity index (χ2n) is 3.88. The Morgan fingerprint density at radius 3 is 2.94 bits per heavy atom. The lowest BCUT2D eigenvalue weighted by molar-refractivity contribution is 0.304. The molecule has 0 bridgehead atoms. The quantitative estimate of drug-likeness (QED) is 0.743. The molecule has 0 aliphatic heterocycles. The topological polar surface area (TPSA) is 67.3 Å². The standard InChI is InChI=1S/C11H16N4O/c1-14(5-6-16)11-8-7-15(2)13-10(8)4-3-9(11)12/h3-4,7,16H,5-6,12H2,1-2H3. The lowest BCUT2D eigenvalue weighted by Gasteiger charge is -2.20. The molecule has 1 aromatic heterocycles. The number of hydrogen-bond acceptors (Lipinski definition) is 4. The van der Waals surface area contributed by atoms with Crippen LogP contribution in [-0.2, 0) is 7.05 Å². The van der Waals surface area contributed by atoms with Crippen LogP contribution in [0.15, 0.2) is 18.3 Å². The molecule has 2 aromatic rings. The highest BCUT2D eigenvalue weighted by Crippen LogP contribution is 2.31. The number of likely N-dealkylation sites (N-methyl/N-ethyl adjacent to an activating group) is 1. The van der Waals surface area contributed by atoms with Gasteiger partial charge in [0.1, 0.15) is 0 Å². The number of aryl methyl sites for hydroxylation is 1. The molecular formula is C11H16N4O.